The quantitative estimate of drug-likeness (QED) is 0.332. The fourth-order valence-corrected chi connectivity index (χ4v) is 4.77. The average Bonchev–Trinajstić information content (AvgIpc) is 3.10. The number of H-pyrrole nitrogens is 1. The first-order valence-corrected chi connectivity index (χ1v) is 10.9. The molecule has 4 aromatic rings. The molecule has 2 aromatic carbocycles. The number of nitrogens with one attached hydrogen (secondary N) is 1. The summed E-state index contributed by atoms with van der Waals surface area (Å²) in [5, 5.41) is 0. The van der Waals surface area contributed by atoms with Crippen LogP contribution in [0.4, 0.5) is 0 Å². The fraction of sp³-hybridized carbons (Fsp3) is 0.143. The van der Waals surface area contributed by atoms with Crippen LogP contribution in [0, 0.1) is 8.73 Å². The number of aromatic nitrogens is 3. The van der Waals surface area contributed by atoms with Crippen LogP contribution in [0.3, 0.4) is 0 Å². The molecule has 0 fully saturated rings. The monoisotopic (exact) mass is 471 g/mol. The lowest BCUT2D eigenvalue weighted by atomic mass is 10.2. The molecule has 7 nitrogen and oxygen atoms in total. The summed E-state index contributed by atoms with van der Waals surface area (Å²) in [6, 6.07) is 13.9. The van der Waals surface area contributed by atoms with Crippen molar-refractivity contribution < 1.29 is 14.3 Å². The van der Waals surface area contributed by atoms with Crippen LogP contribution in [0.15, 0.2) is 53.3 Å². The Labute approximate surface area is 191 Å². The maximum Gasteiger partial charge on any atom is 0.338 e. The molecule has 2 aromatic heterocycles. The van der Waals surface area contributed by atoms with E-state index in [4.69, 9.17) is 33.9 Å². The summed E-state index contributed by atoms with van der Waals surface area (Å²) in [6.45, 7) is 2.03. The highest BCUT2D eigenvalue weighted by Crippen LogP contribution is 2.25. The predicted molar refractivity (Wildman–Crippen MR) is 125 cm³/mol. The van der Waals surface area contributed by atoms with Crippen LogP contribution in [0.25, 0.3) is 21.7 Å². The molecule has 0 aliphatic carbocycles. The highest BCUT2D eigenvalue weighted by atomic mass is 32.1. The first kappa shape index (κ1) is 21.2. The Morgan fingerprint density at radius 2 is 1.84 bits per heavy atom. The van der Waals surface area contributed by atoms with Gasteiger partial charge in [-0.05, 0) is 67.8 Å². The van der Waals surface area contributed by atoms with Crippen molar-refractivity contribution in [3.63, 3.8) is 0 Å². The van der Waals surface area contributed by atoms with Crippen LogP contribution in [-0.2, 0) is 4.74 Å². The van der Waals surface area contributed by atoms with E-state index in [2.05, 4.69) is 4.98 Å². The maximum atomic E-state index is 13.3. The molecule has 0 bridgehead atoms. The Hall–Kier alpha value is -3.08. The van der Waals surface area contributed by atoms with E-state index in [1.54, 1.807) is 42.9 Å². The summed E-state index contributed by atoms with van der Waals surface area (Å²) in [6.07, 6.45) is 0. The van der Waals surface area contributed by atoms with Gasteiger partial charge in [0.15, 0.2) is 8.73 Å². The number of nitrogens with zero attached hydrogens (tertiary/aromatic N) is 2. The molecule has 0 unspecified atom stereocenters. The van der Waals surface area contributed by atoms with Crippen LogP contribution in [0.1, 0.15) is 17.3 Å². The molecule has 0 aliphatic heterocycles. The van der Waals surface area contributed by atoms with E-state index in [1.807, 2.05) is 24.3 Å². The number of rotatable bonds is 5. The molecule has 0 atom stereocenters. The summed E-state index contributed by atoms with van der Waals surface area (Å²) in [5.41, 5.74) is 1.93. The van der Waals surface area contributed by atoms with Gasteiger partial charge in [0.25, 0.3) is 5.56 Å². The second kappa shape index (κ2) is 8.58. The Bertz CT molecular complexity index is 1460. The first-order chi connectivity index (χ1) is 14.9. The molecule has 10 heteroatoms. The van der Waals surface area contributed by atoms with Crippen LogP contribution in [0.5, 0.6) is 5.75 Å². The number of benzene rings is 2. The lowest BCUT2D eigenvalue weighted by Crippen LogP contribution is -2.20. The summed E-state index contributed by atoms with van der Waals surface area (Å²) < 4.78 is 14.6. The zero-order valence-electron chi connectivity index (χ0n) is 16.6. The number of ether oxygens (including phenoxy) is 2. The molecule has 0 spiro atoms. The second-order valence-electron chi connectivity index (χ2n) is 6.42. The van der Waals surface area contributed by atoms with Gasteiger partial charge < -0.3 is 14.5 Å². The number of methoxy groups -OCH3 is 1. The second-order valence-corrected chi connectivity index (χ2v) is 8.45. The molecule has 0 aliphatic rings. The van der Waals surface area contributed by atoms with Gasteiger partial charge in [-0.25, -0.2) is 4.79 Å². The van der Waals surface area contributed by atoms with Gasteiger partial charge in [0.2, 0.25) is 0 Å². The number of esters is 1. The van der Waals surface area contributed by atoms with Crippen molar-refractivity contribution in [3.8, 4) is 17.1 Å². The minimum Gasteiger partial charge on any atom is -0.497 e. The smallest absolute Gasteiger partial charge is 0.338 e. The number of carbonyl (C=O) groups is 1. The third-order valence-electron chi connectivity index (χ3n) is 4.58. The molecular weight excluding hydrogens is 454 g/mol. The Kier molecular flexibility index (Phi) is 5.86. The van der Waals surface area contributed by atoms with Crippen LogP contribution >= 0.6 is 35.8 Å². The molecule has 0 saturated carbocycles. The summed E-state index contributed by atoms with van der Waals surface area (Å²) in [7, 11) is 1.59. The van der Waals surface area contributed by atoms with E-state index < -0.39 is 5.97 Å². The van der Waals surface area contributed by atoms with Gasteiger partial charge in [-0.15, -0.1) is 0 Å². The van der Waals surface area contributed by atoms with E-state index in [9.17, 15) is 9.59 Å². The minimum absolute atomic E-state index is 0.214. The Morgan fingerprint density at radius 1 is 1.10 bits per heavy atom. The van der Waals surface area contributed by atoms with Gasteiger partial charge in [-0.2, -0.15) is 0 Å². The molecular formula is C21H17N3O4S3. The number of thiazole rings is 1. The number of hydrogen-bond donors (Lipinski definition) is 1. The van der Waals surface area contributed by atoms with Crippen molar-refractivity contribution in [3.05, 3.63) is 73.2 Å². The van der Waals surface area contributed by atoms with Crippen molar-refractivity contribution >= 4 is 52.1 Å². The SMILES string of the molecule is CCOC(=O)c1ccc(-n2c(=S)[nH]c3c(sc(=S)n3-c3cccc(OC)c3)c2=O)cc1. The van der Waals surface area contributed by atoms with E-state index in [-0.39, 0.29) is 16.9 Å². The third kappa shape index (κ3) is 3.85. The molecule has 158 valence electrons. The van der Waals surface area contributed by atoms with Crippen LogP contribution in [0.2, 0.25) is 0 Å². The highest BCUT2D eigenvalue weighted by Gasteiger charge is 2.16. The zero-order valence-corrected chi connectivity index (χ0v) is 19.0. The minimum atomic E-state index is -0.421. The predicted octanol–water partition coefficient (Wildman–Crippen LogP) is 4.82. The standard InChI is InChI=1S/C21H17N3O4S3/c1-3-28-19(26)12-7-9-13(10-8-12)24-18(25)16-17(22-20(24)29)23(21(30)31-16)14-5-4-6-15(11-14)27-2/h4-11H,3H2,1-2H3,(H,22,29). The zero-order chi connectivity index (χ0) is 22.1. The molecule has 0 amide bonds. The highest BCUT2D eigenvalue weighted by molar-refractivity contribution is 7.73. The number of hydrogen-bond acceptors (Lipinski definition) is 7. The van der Waals surface area contributed by atoms with Crippen molar-refractivity contribution in [1.29, 1.82) is 0 Å². The van der Waals surface area contributed by atoms with E-state index in [0.717, 1.165) is 5.69 Å². The van der Waals surface area contributed by atoms with Gasteiger partial charge in [0.1, 0.15) is 16.1 Å². The Balaban J connectivity index is 1.87. The summed E-state index contributed by atoms with van der Waals surface area (Å²) >= 11 is 12.2. The van der Waals surface area contributed by atoms with Crippen molar-refractivity contribution in [2.24, 2.45) is 0 Å². The largest absolute Gasteiger partial charge is 0.497 e. The van der Waals surface area contributed by atoms with Crippen LogP contribution in [-0.4, -0.2) is 33.8 Å². The van der Waals surface area contributed by atoms with Crippen molar-refractivity contribution in [2.45, 2.75) is 6.92 Å². The number of carbonyl (C=O) groups excluding carboxylic acids is 1. The average molecular weight is 472 g/mol. The maximum absolute atomic E-state index is 13.3. The topological polar surface area (TPSA) is 78.2 Å². The van der Waals surface area contributed by atoms with E-state index in [1.165, 1.54) is 15.9 Å². The van der Waals surface area contributed by atoms with E-state index >= 15 is 0 Å². The molecule has 1 N–H and O–H groups in total. The summed E-state index contributed by atoms with van der Waals surface area (Å²) in [4.78, 5) is 28.3. The molecule has 31 heavy (non-hydrogen) atoms. The first-order valence-electron chi connectivity index (χ1n) is 9.27. The number of fused-ring (bicyclic) bond motifs is 1. The normalized spacial score (nSPS) is 10.9. The van der Waals surface area contributed by atoms with Gasteiger partial charge in [-0.1, -0.05) is 17.4 Å². The van der Waals surface area contributed by atoms with Crippen LogP contribution < -0.4 is 10.3 Å². The van der Waals surface area contributed by atoms with Gasteiger partial charge in [0, 0.05) is 6.07 Å². The summed E-state index contributed by atoms with van der Waals surface area (Å²) in [5.74, 6) is 0.253. The lowest BCUT2D eigenvalue weighted by molar-refractivity contribution is 0.0526. The Morgan fingerprint density at radius 3 is 2.52 bits per heavy atom. The molecule has 0 radical (unpaired) electrons. The third-order valence-corrected chi connectivity index (χ3v) is 6.23. The van der Waals surface area contributed by atoms with Gasteiger partial charge in [0.05, 0.1) is 30.7 Å². The van der Waals surface area contributed by atoms with Gasteiger partial charge in [-0.3, -0.25) is 13.9 Å². The molecule has 4 rings (SSSR count). The van der Waals surface area contributed by atoms with Gasteiger partial charge >= 0.3 is 5.97 Å². The van der Waals surface area contributed by atoms with E-state index in [0.29, 0.717) is 31.3 Å². The lowest BCUT2D eigenvalue weighted by Gasteiger charge is -2.10. The molecule has 2 heterocycles. The fourth-order valence-electron chi connectivity index (χ4n) is 3.16. The van der Waals surface area contributed by atoms with Crippen molar-refractivity contribution in [1.82, 2.24) is 14.1 Å². The number of aromatic amines is 1. The van der Waals surface area contributed by atoms with Crippen molar-refractivity contribution in [2.75, 3.05) is 13.7 Å². The molecule has 0 saturated heterocycles.